The van der Waals surface area contributed by atoms with Crippen LogP contribution in [0, 0.1) is 6.92 Å². The van der Waals surface area contributed by atoms with Gasteiger partial charge in [0.15, 0.2) is 11.0 Å². The molecule has 4 aromatic rings. The zero-order valence-corrected chi connectivity index (χ0v) is 19.8. The topological polar surface area (TPSA) is 59.8 Å². The molecule has 33 heavy (non-hydrogen) atoms. The fourth-order valence-electron chi connectivity index (χ4n) is 3.86. The van der Waals surface area contributed by atoms with Crippen LogP contribution >= 0.6 is 11.8 Å². The van der Waals surface area contributed by atoms with Crippen molar-refractivity contribution in [2.45, 2.75) is 38.0 Å². The van der Waals surface area contributed by atoms with Crippen molar-refractivity contribution in [3.05, 3.63) is 102 Å². The van der Waals surface area contributed by atoms with Gasteiger partial charge < -0.3 is 9.88 Å². The summed E-state index contributed by atoms with van der Waals surface area (Å²) in [7, 11) is 0. The standard InChI is InChI=1S/C27H28N4OS/c1-3-31-26(23-17-11-10-12-20(23)2)29-30-27(31)33-19-25(32)28-24(22-15-8-5-9-16-22)18-21-13-6-4-7-14-21/h4-17,24H,3,18-19H2,1-2H3,(H,28,32). The molecule has 6 heteroatoms. The van der Waals surface area contributed by atoms with Crippen molar-refractivity contribution in [2.75, 3.05) is 5.75 Å². The molecule has 0 bridgehead atoms. The Hall–Kier alpha value is -3.38. The lowest BCUT2D eigenvalue weighted by Crippen LogP contribution is -2.31. The molecular formula is C27H28N4OS. The van der Waals surface area contributed by atoms with Crippen molar-refractivity contribution in [1.82, 2.24) is 20.1 Å². The van der Waals surface area contributed by atoms with E-state index in [1.165, 1.54) is 17.3 Å². The smallest absolute Gasteiger partial charge is 0.230 e. The predicted molar refractivity (Wildman–Crippen MR) is 134 cm³/mol. The van der Waals surface area contributed by atoms with E-state index < -0.39 is 0 Å². The average molecular weight is 457 g/mol. The van der Waals surface area contributed by atoms with Crippen molar-refractivity contribution >= 4 is 17.7 Å². The van der Waals surface area contributed by atoms with Crippen LogP contribution in [0.15, 0.2) is 90.1 Å². The summed E-state index contributed by atoms with van der Waals surface area (Å²) in [6, 6.07) is 28.4. The molecule has 0 radical (unpaired) electrons. The summed E-state index contributed by atoms with van der Waals surface area (Å²) in [5, 5.41) is 12.8. The van der Waals surface area contributed by atoms with E-state index in [2.05, 4.69) is 70.3 Å². The third-order valence-electron chi connectivity index (χ3n) is 5.57. The minimum atomic E-state index is -0.0896. The monoisotopic (exact) mass is 456 g/mol. The van der Waals surface area contributed by atoms with E-state index in [0.717, 1.165) is 40.6 Å². The van der Waals surface area contributed by atoms with Gasteiger partial charge >= 0.3 is 0 Å². The third-order valence-corrected chi connectivity index (χ3v) is 6.54. The Kier molecular flexibility index (Phi) is 7.58. The minimum Gasteiger partial charge on any atom is -0.348 e. The molecule has 1 N–H and O–H groups in total. The summed E-state index contributed by atoms with van der Waals surface area (Å²) < 4.78 is 2.07. The van der Waals surface area contributed by atoms with Crippen LogP contribution in [0.4, 0.5) is 0 Å². The highest BCUT2D eigenvalue weighted by Gasteiger charge is 2.18. The Bertz CT molecular complexity index is 1190. The molecule has 0 saturated carbocycles. The lowest BCUT2D eigenvalue weighted by atomic mass is 9.99. The second kappa shape index (κ2) is 11.0. The zero-order valence-electron chi connectivity index (χ0n) is 18.9. The van der Waals surface area contributed by atoms with Gasteiger partial charge in [0, 0.05) is 12.1 Å². The number of thioether (sulfide) groups is 1. The summed E-state index contributed by atoms with van der Waals surface area (Å²) in [5.41, 5.74) is 4.50. The summed E-state index contributed by atoms with van der Waals surface area (Å²) in [4.78, 5) is 12.9. The molecule has 1 unspecified atom stereocenters. The second-order valence-corrected chi connectivity index (χ2v) is 8.82. The van der Waals surface area contributed by atoms with E-state index in [1.54, 1.807) is 0 Å². The molecule has 4 rings (SSSR count). The number of nitrogens with zero attached hydrogens (tertiary/aromatic N) is 3. The molecule has 0 spiro atoms. The molecule has 0 aliphatic rings. The first kappa shape index (κ1) is 22.8. The molecule has 1 heterocycles. The van der Waals surface area contributed by atoms with Gasteiger partial charge in [0.25, 0.3) is 0 Å². The number of aryl methyl sites for hydroxylation is 1. The van der Waals surface area contributed by atoms with Gasteiger partial charge in [-0.25, -0.2) is 0 Å². The van der Waals surface area contributed by atoms with E-state index in [-0.39, 0.29) is 17.7 Å². The molecule has 5 nitrogen and oxygen atoms in total. The van der Waals surface area contributed by atoms with Gasteiger partial charge in [0.2, 0.25) is 5.91 Å². The van der Waals surface area contributed by atoms with E-state index in [0.29, 0.717) is 0 Å². The van der Waals surface area contributed by atoms with Crippen molar-refractivity contribution in [2.24, 2.45) is 0 Å². The van der Waals surface area contributed by atoms with Crippen LogP contribution in [-0.2, 0) is 17.8 Å². The van der Waals surface area contributed by atoms with E-state index in [4.69, 9.17) is 0 Å². The lowest BCUT2D eigenvalue weighted by Gasteiger charge is -2.19. The van der Waals surface area contributed by atoms with E-state index in [1.807, 2.05) is 48.5 Å². The summed E-state index contributed by atoms with van der Waals surface area (Å²) in [5.74, 6) is 1.10. The molecule has 0 fully saturated rings. The molecule has 168 valence electrons. The van der Waals surface area contributed by atoms with Crippen LogP contribution in [0.3, 0.4) is 0 Å². The lowest BCUT2D eigenvalue weighted by molar-refractivity contribution is -0.119. The quantitative estimate of drug-likeness (QED) is 0.340. The summed E-state index contributed by atoms with van der Waals surface area (Å²) in [6.45, 7) is 4.88. The zero-order chi connectivity index (χ0) is 23.0. The SMILES string of the molecule is CCn1c(SCC(=O)NC(Cc2ccccc2)c2ccccc2)nnc1-c1ccccc1C. The highest BCUT2D eigenvalue weighted by atomic mass is 32.2. The number of carbonyl (C=O) groups excluding carboxylic acids is 1. The van der Waals surface area contributed by atoms with Gasteiger partial charge in [0.05, 0.1) is 11.8 Å². The van der Waals surface area contributed by atoms with Gasteiger partial charge in [-0.3, -0.25) is 4.79 Å². The molecule has 1 aromatic heterocycles. The average Bonchev–Trinajstić information content (AvgIpc) is 3.26. The summed E-state index contributed by atoms with van der Waals surface area (Å²) >= 11 is 1.42. The van der Waals surface area contributed by atoms with Gasteiger partial charge in [-0.15, -0.1) is 10.2 Å². The highest BCUT2D eigenvalue weighted by Crippen LogP contribution is 2.26. The fraction of sp³-hybridized carbons (Fsp3) is 0.222. The van der Waals surface area contributed by atoms with Crippen molar-refractivity contribution in [3.63, 3.8) is 0 Å². The fourth-order valence-corrected chi connectivity index (χ4v) is 4.67. The normalized spacial score (nSPS) is 11.8. The first-order chi connectivity index (χ1) is 16.2. The molecule has 3 aromatic carbocycles. The molecule has 1 amide bonds. The van der Waals surface area contributed by atoms with Gasteiger partial charge in [-0.2, -0.15) is 0 Å². The maximum absolute atomic E-state index is 12.9. The van der Waals surface area contributed by atoms with Gasteiger partial charge in [-0.1, -0.05) is 96.7 Å². The highest BCUT2D eigenvalue weighted by molar-refractivity contribution is 7.99. The number of nitrogens with one attached hydrogen (secondary N) is 1. The Balaban J connectivity index is 1.46. The molecule has 0 aliphatic heterocycles. The van der Waals surface area contributed by atoms with E-state index >= 15 is 0 Å². The van der Waals surface area contributed by atoms with Crippen molar-refractivity contribution in [3.8, 4) is 11.4 Å². The van der Waals surface area contributed by atoms with Crippen LogP contribution in [0.2, 0.25) is 0 Å². The Morgan fingerprint density at radius 1 is 0.939 bits per heavy atom. The number of carbonyl (C=O) groups is 1. The Morgan fingerprint density at radius 2 is 1.61 bits per heavy atom. The molecule has 0 saturated heterocycles. The maximum atomic E-state index is 12.9. The number of amides is 1. The van der Waals surface area contributed by atoms with Gasteiger partial charge in [-0.05, 0) is 37.0 Å². The Morgan fingerprint density at radius 3 is 2.30 bits per heavy atom. The number of aromatic nitrogens is 3. The van der Waals surface area contributed by atoms with Crippen LogP contribution in [0.1, 0.15) is 29.7 Å². The van der Waals surface area contributed by atoms with Crippen molar-refractivity contribution < 1.29 is 4.79 Å². The predicted octanol–water partition coefficient (Wildman–Crippen LogP) is 5.47. The van der Waals surface area contributed by atoms with Crippen molar-refractivity contribution in [1.29, 1.82) is 0 Å². The molecule has 0 aliphatic carbocycles. The third kappa shape index (κ3) is 5.71. The van der Waals surface area contributed by atoms with Gasteiger partial charge in [0.1, 0.15) is 0 Å². The largest absolute Gasteiger partial charge is 0.348 e. The first-order valence-corrected chi connectivity index (χ1v) is 12.1. The Labute approximate surface area is 199 Å². The molecule has 1 atom stereocenters. The molecular weight excluding hydrogens is 428 g/mol. The van der Waals surface area contributed by atoms with E-state index in [9.17, 15) is 4.79 Å². The minimum absolute atomic E-state index is 0.0205. The van der Waals surface area contributed by atoms with Crippen LogP contribution in [-0.4, -0.2) is 26.4 Å². The number of hydrogen-bond acceptors (Lipinski definition) is 4. The number of benzene rings is 3. The van der Waals surface area contributed by atoms with Crippen LogP contribution in [0.5, 0.6) is 0 Å². The first-order valence-electron chi connectivity index (χ1n) is 11.2. The second-order valence-electron chi connectivity index (χ2n) is 7.87. The maximum Gasteiger partial charge on any atom is 0.230 e. The van der Waals surface area contributed by atoms with Crippen LogP contribution in [0.25, 0.3) is 11.4 Å². The van der Waals surface area contributed by atoms with Crippen LogP contribution < -0.4 is 5.32 Å². The number of hydrogen-bond donors (Lipinski definition) is 1. The summed E-state index contributed by atoms with van der Waals surface area (Å²) in [6.07, 6.45) is 0.740. The number of rotatable bonds is 9.